The molecule has 0 heterocycles. The summed E-state index contributed by atoms with van der Waals surface area (Å²) in [7, 11) is 1.41. The molecule has 0 aromatic heterocycles. The second-order valence-electron chi connectivity index (χ2n) is 4.04. The van der Waals surface area contributed by atoms with Crippen molar-refractivity contribution < 1.29 is 18.0 Å². The topological polar surface area (TPSA) is 20.3 Å². The van der Waals surface area contributed by atoms with Crippen LogP contribution in [0.25, 0.3) is 0 Å². The zero-order valence-corrected chi connectivity index (χ0v) is 10.8. The number of rotatable bonds is 4. The minimum Gasteiger partial charge on any atom is -0.341 e. The van der Waals surface area contributed by atoms with E-state index in [-0.39, 0.29) is 11.9 Å². The maximum Gasteiger partial charge on any atom is 0.259 e. The van der Waals surface area contributed by atoms with E-state index in [0.717, 1.165) is 4.90 Å². The van der Waals surface area contributed by atoms with Crippen LogP contribution in [0.1, 0.15) is 23.7 Å². The molecule has 6 heteroatoms. The lowest BCUT2D eigenvalue weighted by molar-refractivity contribution is 0.0784. The van der Waals surface area contributed by atoms with Crippen LogP contribution in [0.5, 0.6) is 0 Å². The molecule has 1 rings (SSSR count). The maximum atomic E-state index is 13.4. The van der Waals surface area contributed by atoms with Gasteiger partial charge in [-0.25, -0.2) is 13.2 Å². The van der Waals surface area contributed by atoms with Crippen LogP contribution in [0, 0.1) is 17.5 Å². The van der Waals surface area contributed by atoms with Crippen molar-refractivity contribution in [3.8, 4) is 0 Å². The first-order valence-corrected chi connectivity index (χ1v) is 5.80. The number of carbonyl (C=O) groups is 1. The van der Waals surface area contributed by atoms with Crippen LogP contribution in [0.2, 0.25) is 0 Å². The van der Waals surface area contributed by atoms with Crippen LogP contribution in [-0.4, -0.2) is 29.8 Å². The molecule has 0 bridgehead atoms. The van der Waals surface area contributed by atoms with E-state index in [1.165, 1.54) is 7.05 Å². The Balaban J connectivity index is 2.90. The largest absolute Gasteiger partial charge is 0.341 e. The molecule has 0 fully saturated rings. The van der Waals surface area contributed by atoms with Crippen LogP contribution in [0.15, 0.2) is 12.1 Å². The molecule has 1 aromatic rings. The van der Waals surface area contributed by atoms with Gasteiger partial charge in [0.25, 0.3) is 5.91 Å². The number of amides is 1. The van der Waals surface area contributed by atoms with Crippen LogP contribution in [0.4, 0.5) is 13.2 Å². The van der Waals surface area contributed by atoms with E-state index < -0.39 is 28.9 Å². The van der Waals surface area contributed by atoms with Gasteiger partial charge in [-0.2, -0.15) is 0 Å². The summed E-state index contributed by atoms with van der Waals surface area (Å²) in [6.45, 7) is 2.01. The Bertz CT molecular complexity index is 428. The lowest BCUT2D eigenvalue weighted by atomic mass is 10.1. The highest BCUT2D eigenvalue weighted by Gasteiger charge is 2.22. The van der Waals surface area contributed by atoms with Crippen molar-refractivity contribution in [1.29, 1.82) is 0 Å². The van der Waals surface area contributed by atoms with Crippen molar-refractivity contribution in [2.45, 2.75) is 18.7 Å². The lowest BCUT2D eigenvalue weighted by Crippen LogP contribution is -2.30. The van der Waals surface area contributed by atoms with Gasteiger partial charge >= 0.3 is 0 Å². The third-order valence-electron chi connectivity index (χ3n) is 2.43. The van der Waals surface area contributed by atoms with Crippen molar-refractivity contribution in [2.24, 2.45) is 0 Å². The second-order valence-corrected chi connectivity index (χ2v) is 4.79. The maximum absolute atomic E-state index is 13.4. The summed E-state index contributed by atoms with van der Waals surface area (Å²) in [4.78, 5) is 12.9. The highest BCUT2D eigenvalue weighted by Crippen LogP contribution is 2.17. The summed E-state index contributed by atoms with van der Waals surface area (Å²) < 4.78 is 39.4. The van der Waals surface area contributed by atoms with Crippen molar-refractivity contribution >= 4 is 17.5 Å². The fourth-order valence-corrected chi connectivity index (χ4v) is 1.51. The number of alkyl halides is 1. The highest BCUT2D eigenvalue weighted by atomic mass is 35.5. The smallest absolute Gasteiger partial charge is 0.259 e. The summed E-state index contributed by atoms with van der Waals surface area (Å²) >= 11 is 5.72. The molecule has 0 aliphatic heterocycles. The summed E-state index contributed by atoms with van der Waals surface area (Å²) in [5.41, 5.74) is -0.749. The minimum absolute atomic E-state index is 0.150. The Morgan fingerprint density at radius 3 is 2.28 bits per heavy atom. The molecule has 2 nitrogen and oxygen atoms in total. The Labute approximate surface area is 108 Å². The van der Waals surface area contributed by atoms with E-state index in [0.29, 0.717) is 18.6 Å². The molecule has 100 valence electrons. The van der Waals surface area contributed by atoms with Crippen molar-refractivity contribution in [3.05, 3.63) is 35.1 Å². The van der Waals surface area contributed by atoms with E-state index >= 15 is 0 Å². The molecule has 0 radical (unpaired) electrons. The van der Waals surface area contributed by atoms with Gasteiger partial charge in [-0.1, -0.05) is 0 Å². The van der Waals surface area contributed by atoms with Crippen molar-refractivity contribution in [3.63, 3.8) is 0 Å². The van der Waals surface area contributed by atoms with Gasteiger partial charge in [0.05, 0.1) is 0 Å². The Kier molecular flexibility index (Phi) is 5.02. The molecular formula is C12H13ClF3NO. The molecule has 18 heavy (non-hydrogen) atoms. The molecule has 0 N–H and O–H groups in total. The van der Waals surface area contributed by atoms with Crippen molar-refractivity contribution in [2.75, 3.05) is 13.6 Å². The number of hydrogen-bond acceptors (Lipinski definition) is 1. The quantitative estimate of drug-likeness (QED) is 0.775. The van der Waals surface area contributed by atoms with E-state index in [4.69, 9.17) is 11.6 Å². The SMILES string of the molecule is CC(Cl)CCN(C)C(=O)c1c(F)cc(F)cc1F. The fraction of sp³-hybridized carbons (Fsp3) is 0.417. The van der Waals surface area contributed by atoms with Gasteiger partial charge < -0.3 is 4.90 Å². The van der Waals surface area contributed by atoms with Crippen LogP contribution < -0.4 is 0 Å². The normalized spacial score (nSPS) is 12.3. The summed E-state index contributed by atoms with van der Waals surface area (Å²) in [5.74, 6) is -4.30. The minimum atomic E-state index is -1.21. The van der Waals surface area contributed by atoms with E-state index in [1.54, 1.807) is 6.92 Å². The van der Waals surface area contributed by atoms with Gasteiger partial charge in [-0.3, -0.25) is 4.79 Å². The van der Waals surface area contributed by atoms with Crippen LogP contribution >= 0.6 is 11.6 Å². The number of halogens is 4. The predicted molar refractivity (Wildman–Crippen MR) is 63.2 cm³/mol. The van der Waals surface area contributed by atoms with Gasteiger partial charge in [0, 0.05) is 31.1 Å². The average molecular weight is 280 g/mol. The first kappa shape index (κ1) is 14.8. The van der Waals surface area contributed by atoms with Gasteiger partial charge in [0.15, 0.2) is 0 Å². The highest BCUT2D eigenvalue weighted by molar-refractivity contribution is 6.20. The molecule has 0 aliphatic carbocycles. The third-order valence-corrected chi connectivity index (χ3v) is 2.65. The molecule has 0 saturated carbocycles. The summed E-state index contributed by atoms with van der Waals surface area (Å²) in [6, 6.07) is 0.961. The molecule has 1 unspecified atom stereocenters. The first-order chi connectivity index (χ1) is 8.32. The number of benzene rings is 1. The van der Waals surface area contributed by atoms with E-state index in [1.807, 2.05) is 0 Å². The molecule has 0 saturated heterocycles. The zero-order chi connectivity index (χ0) is 13.9. The van der Waals surface area contributed by atoms with Gasteiger partial charge in [-0.05, 0) is 13.3 Å². The predicted octanol–water partition coefficient (Wildman–Crippen LogP) is 3.19. The van der Waals surface area contributed by atoms with Crippen molar-refractivity contribution in [1.82, 2.24) is 4.90 Å². The number of hydrogen-bond donors (Lipinski definition) is 0. The Hall–Kier alpha value is -1.23. The van der Waals surface area contributed by atoms with Crippen LogP contribution in [-0.2, 0) is 0 Å². The van der Waals surface area contributed by atoms with Gasteiger partial charge in [0.2, 0.25) is 0 Å². The molecule has 1 atom stereocenters. The van der Waals surface area contributed by atoms with Gasteiger partial charge in [0.1, 0.15) is 23.0 Å². The standard InChI is InChI=1S/C12H13ClF3NO/c1-7(13)3-4-17(2)12(18)11-9(15)5-8(14)6-10(11)16/h5-7H,3-4H2,1-2H3. The van der Waals surface area contributed by atoms with Gasteiger partial charge in [-0.15, -0.1) is 11.6 Å². The average Bonchev–Trinajstić information content (AvgIpc) is 2.24. The fourth-order valence-electron chi connectivity index (χ4n) is 1.41. The molecule has 0 aliphatic rings. The summed E-state index contributed by atoms with van der Waals surface area (Å²) in [5, 5.41) is -0.150. The second kappa shape index (κ2) is 6.09. The third kappa shape index (κ3) is 3.63. The number of nitrogens with zero attached hydrogens (tertiary/aromatic N) is 1. The summed E-state index contributed by atoms with van der Waals surface area (Å²) in [6.07, 6.45) is 0.494. The van der Waals surface area contributed by atoms with Crippen LogP contribution in [0.3, 0.4) is 0 Å². The molecule has 1 aromatic carbocycles. The molecule has 1 amide bonds. The zero-order valence-electron chi connectivity index (χ0n) is 10.0. The van der Waals surface area contributed by atoms with E-state index in [9.17, 15) is 18.0 Å². The number of carbonyl (C=O) groups excluding carboxylic acids is 1. The lowest BCUT2D eigenvalue weighted by Gasteiger charge is -2.18. The Morgan fingerprint density at radius 2 is 1.83 bits per heavy atom. The molecular weight excluding hydrogens is 267 g/mol. The molecule has 0 spiro atoms. The van der Waals surface area contributed by atoms with E-state index in [2.05, 4.69) is 0 Å². The monoisotopic (exact) mass is 279 g/mol. The first-order valence-electron chi connectivity index (χ1n) is 5.37. The Morgan fingerprint density at radius 1 is 1.33 bits per heavy atom.